The first-order chi connectivity index (χ1) is 9.72. The average molecular weight is 276 g/mol. The van der Waals surface area contributed by atoms with Crippen molar-refractivity contribution in [3.05, 3.63) is 30.3 Å². The molecule has 0 spiro atoms. The molecule has 4 heteroatoms. The van der Waals surface area contributed by atoms with Crippen LogP contribution in [0.2, 0.25) is 0 Å². The van der Waals surface area contributed by atoms with Crippen LogP contribution in [0.15, 0.2) is 30.3 Å². The Bertz CT molecular complexity index is 422. The molecule has 1 aromatic carbocycles. The predicted octanol–water partition coefficient (Wildman–Crippen LogP) is 3.04. The first-order valence-electron chi connectivity index (χ1n) is 7.37. The highest BCUT2D eigenvalue weighted by molar-refractivity contribution is 5.67. The largest absolute Gasteiger partial charge is 0.453 e. The van der Waals surface area contributed by atoms with Crippen LogP contribution in [0.5, 0.6) is 0 Å². The van der Waals surface area contributed by atoms with E-state index in [-0.39, 0.29) is 12.1 Å². The third-order valence-corrected chi connectivity index (χ3v) is 3.86. The molecule has 1 amide bonds. The summed E-state index contributed by atoms with van der Waals surface area (Å²) >= 11 is 0. The Balaban J connectivity index is 2.06. The molecule has 1 heterocycles. The lowest BCUT2D eigenvalue weighted by Gasteiger charge is -2.39. The lowest BCUT2D eigenvalue weighted by Crippen LogP contribution is -2.51. The summed E-state index contributed by atoms with van der Waals surface area (Å²) in [7, 11) is 1.41. The van der Waals surface area contributed by atoms with Gasteiger partial charge in [0.15, 0.2) is 0 Å². The van der Waals surface area contributed by atoms with Crippen molar-refractivity contribution in [1.82, 2.24) is 5.32 Å². The molecule has 20 heavy (non-hydrogen) atoms. The zero-order valence-corrected chi connectivity index (χ0v) is 12.3. The molecule has 0 radical (unpaired) electrons. The SMILES string of the molecule is CCCC1CC(NC(=O)OC)CN(c2ccccc2)C1. The van der Waals surface area contributed by atoms with Crippen molar-refractivity contribution < 1.29 is 9.53 Å². The van der Waals surface area contributed by atoms with E-state index in [1.54, 1.807) is 0 Å². The van der Waals surface area contributed by atoms with Crippen molar-refractivity contribution in [2.24, 2.45) is 5.92 Å². The van der Waals surface area contributed by atoms with Gasteiger partial charge < -0.3 is 15.0 Å². The molecule has 1 saturated heterocycles. The first-order valence-corrected chi connectivity index (χ1v) is 7.37. The molecule has 110 valence electrons. The number of nitrogens with one attached hydrogen (secondary N) is 1. The number of nitrogens with zero attached hydrogens (tertiary/aromatic N) is 1. The van der Waals surface area contributed by atoms with E-state index in [1.165, 1.54) is 25.6 Å². The summed E-state index contributed by atoms with van der Waals surface area (Å²) < 4.78 is 4.72. The van der Waals surface area contributed by atoms with Crippen LogP contribution in [0.1, 0.15) is 26.2 Å². The number of piperidine rings is 1. The molecule has 1 aromatic rings. The van der Waals surface area contributed by atoms with Gasteiger partial charge in [-0.25, -0.2) is 4.79 Å². The highest BCUT2D eigenvalue weighted by Crippen LogP contribution is 2.26. The van der Waals surface area contributed by atoms with Gasteiger partial charge in [-0.15, -0.1) is 0 Å². The topological polar surface area (TPSA) is 41.6 Å². The van der Waals surface area contributed by atoms with Gasteiger partial charge in [0.2, 0.25) is 0 Å². The number of benzene rings is 1. The van der Waals surface area contributed by atoms with Gasteiger partial charge in [0.25, 0.3) is 0 Å². The van der Waals surface area contributed by atoms with Crippen molar-refractivity contribution in [3.8, 4) is 0 Å². The van der Waals surface area contributed by atoms with Gasteiger partial charge in [-0.2, -0.15) is 0 Å². The third-order valence-electron chi connectivity index (χ3n) is 3.86. The number of alkyl carbamates (subject to hydrolysis) is 1. The number of methoxy groups -OCH3 is 1. The maximum Gasteiger partial charge on any atom is 0.407 e. The minimum Gasteiger partial charge on any atom is -0.453 e. The molecule has 4 nitrogen and oxygen atoms in total. The van der Waals surface area contributed by atoms with Crippen molar-refractivity contribution in [3.63, 3.8) is 0 Å². The van der Waals surface area contributed by atoms with Crippen LogP contribution < -0.4 is 10.2 Å². The van der Waals surface area contributed by atoms with Gasteiger partial charge in [0.05, 0.1) is 13.2 Å². The van der Waals surface area contributed by atoms with Crippen LogP contribution >= 0.6 is 0 Å². The maximum absolute atomic E-state index is 11.4. The van der Waals surface area contributed by atoms with Gasteiger partial charge in [-0.3, -0.25) is 0 Å². The van der Waals surface area contributed by atoms with E-state index in [0.717, 1.165) is 19.5 Å². The van der Waals surface area contributed by atoms with Gasteiger partial charge in [-0.05, 0) is 30.9 Å². The normalized spacial score (nSPS) is 22.4. The minimum atomic E-state index is -0.333. The van der Waals surface area contributed by atoms with Crippen molar-refractivity contribution in [2.75, 3.05) is 25.1 Å². The van der Waals surface area contributed by atoms with Crippen LogP contribution in [-0.2, 0) is 4.74 Å². The smallest absolute Gasteiger partial charge is 0.407 e. The van der Waals surface area contributed by atoms with E-state index >= 15 is 0 Å². The quantitative estimate of drug-likeness (QED) is 0.919. The summed E-state index contributed by atoms with van der Waals surface area (Å²) in [5.41, 5.74) is 1.23. The van der Waals surface area contributed by atoms with Crippen LogP contribution in [0.25, 0.3) is 0 Å². The zero-order chi connectivity index (χ0) is 14.4. The second kappa shape index (κ2) is 7.17. The summed E-state index contributed by atoms with van der Waals surface area (Å²) in [5.74, 6) is 0.621. The van der Waals surface area contributed by atoms with Gasteiger partial charge in [0, 0.05) is 18.8 Å². The molecule has 0 aromatic heterocycles. The molecule has 2 atom stereocenters. The molecule has 1 N–H and O–H groups in total. The number of anilines is 1. The first kappa shape index (κ1) is 14.7. The number of amides is 1. The number of rotatable bonds is 4. The fraction of sp³-hybridized carbons (Fsp3) is 0.562. The van der Waals surface area contributed by atoms with E-state index < -0.39 is 0 Å². The highest BCUT2D eigenvalue weighted by atomic mass is 16.5. The van der Waals surface area contributed by atoms with E-state index in [1.807, 2.05) is 6.07 Å². The Morgan fingerprint density at radius 3 is 2.75 bits per heavy atom. The second-order valence-electron chi connectivity index (χ2n) is 5.46. The number of carbonyl (C=O) groups excluding carboxylic acids is 1. The minimum absolute atomic E-state index is 0.160. The summed E-state index contributed by atoms with van der Waals surface area (Å²) in [6, 6.07) is 10.6. The Morgan fingerprint density at radius 2 is 2.10 bits per heavy atom. The molecule has 2 unspecified atom stereocenters. The molecule has 1 fully saturated rings. The Kier molecular flexibility index (Phi) is 5.27. The standard InChI is InChI=1S/C16H24N2O2/c1-3-7-13-10-14(17-16(19)20-2)12-18(11-13)15-8-5-4-6-9-15/h4-6,8-9,13-14H,3,7,10-12H2,1-2H3,(H,17,19). The monoisotopic (exact) mass is 276 g/mol. The summed E-state index contributed by atoms with van der Waals surface area (Å²) in [5, 5.41) is 2.95. The summed E-state index contributed by atoms with van der Waals surface area (Å²) in [6.07, 6.45) is 3.08. The maximum atomic E-state index is 11.4. The molecule has 0 bridgehead atoms. The number of ether oxygens (including phenoxy) is 1. The molecular formula is C16H24N2O2. The van der Waals surface area contributed by atoms with Crippen molar-refractivity contribution in [2.45, 2.75) is 32.2 Å². The number of carbonyl (C=O) groups is 1. The van der Waals surface area contributed by atoms with Crippen LogP contribution in [0.3, 0.4) is 0 Å². The van der Waals surface area contributed by atoms with E-state index in [9.17, 15) is 4.79 Å². The van der Waals surface area contributed by atoms with Crippen LogP contribution in [0.4, 0.5) is 10.5 Å². The zero-order valence-electron chi connectivity index (χ0n) is 12.3. The van der Waals surface area contributed by atoms with E-state index in [0.29, 0.717) is 5.92 Å². The lowest BCUT2D eigenvalue weighted by molar-refractivity contribution is 0.162. The molecule has 0 saturated carbocycles. The molecular weight excluding hydrogens is 252 g/mol. The van der Waals surface area contributed by atoms with Gasteiger partial charge in [-0.1, -0.05) is 31.5 Å². The van der Waals surface area contributed by atoms with E-state index in [2.05, 4.69) is 41.4 Å². The second-order valence-corrected chi connectivity index (χ2v) is 5.46. The average Bonchev–Trinajstić information content (AvgIpc) is 2.48. The number of hydrogen-bond donors (Lipinski definition) is 1. The lowest BCUT2D eigenvalue weighted by atomic mass is 9.90. The Morgan fingerprint density at radius 1 is 1.35 bits per heavy atom. The fourth-order valence-electron chi connectivity index (χ4n) is 3.00. The summed E-state index contributed by atoms with van der Waals surface area (Å²) in [6.45, 7) is 4.13. The highest BCUT2D eigenvalue weighted by Gasteiger charge is 2.28. The number of hydrogen-bond acceptors (Lipinski definition) is 3. The molecule has 1 aliphatic rings. The third kappa shape index (κ3) is 3.89. The van der Waals surface area contributed by atoms with E-state index in [4.69, 9.17) is 4.74 Å². The van der Waals surface area contributed by atoms with Crippen LogP contribution in [0, 0.1) is 5.92 Å². The van der Waals surface area contributed by atoms with Gasteiger partial charge >= 0.3 is 6.09 Å². The fourth-order valence-corrected chi connectivity index (χ4v) is 3.00. The number of para-hydroxylation sites is 1. The van der Waals surface area contributed by atoms with Crippen LogP contribution in [-0.4, -0.2) is 32.3 Å². The predicted molar refractivity (Wildman–Crippen MR) is 81.0 cm³/mol. The van der Waals surface area contributed by atoms with Crippen molar-refractivity contribution in [1.29, 1.82) is 0 Å². The molecule has 2 rings (SSSR count). The Hall–Kier alpha value is -1.71. The molecule has 1 aliphatic heterocycles. The summed E-state index contributed by atoms with van der Waals surface area (Å²) in [4.78, 5) is 13.8. The molecule has 0 aliphatic carbocycles. The van der Waals surface area contributed by atoms with Crippen molar-refractivity contribution >= 4 is 11.8 Å². The Labute approximate surface area is 121 Å². The van der Waals surface area contributed by atoms with Gasteiger partial charge in [0.1, 0.15) is 0 Å².